The molecule has 0 spiro atoms. The van der Waals surface area contributed by atoms with Crippen LogP contribution in [0.25, 0.3) is 10.9 Å². The molecule has 4 nitrogen and oxygen atoms in total. The molecule has 34 heavy (non-hydrogen) atoms. The second-order valence-electron chi connectivity index (χ2n) is 9.35. The van der Waals surface area contributed by atoms with Crippen LogP contribution in [0.3, 0.4) is 0 Å². The van der Waals surface area contributed by atoms with Gasteiger partial charge in [-0.1, -0.05) is 74.5 Å². The van der Waals surface area contributed by atoms with Crippen LogP contribution in [0.2, 0.25) is 0 Å². The summed E-state index contributed by atoms with van der Waals surface area (Å²) in [7, 11) is 2.06. The number of aromatic nitrogens is 1. The third-order valence-electron chi connectivity index (χ3n) is 6.25. The van der Waals surface area contributed by atoms with Gasteiger partial charge in [-0.2, -0.15) is 0 Å². The zero-order chi connectivity index (χ0) is 23.9. The fraction of sp³-hybridized carbons (Fsp3) is 0.300. The number of benzene rings is 3. The highest BCUT2D eigenvalue weighted by atomic mass is 16.5. The van der Waals surface area contributed by atoms with Crippen LogP contribution in [-0.4, -0.2) is 17.0 Å². The second-order valence-corrected chi connectivity index (χ2v) is 9.35. The Labute approximate surface area is 202 Å². The number of aryl methyl sites for hydroxylation is 1. The number of nitrogens with zero attached hydrogens (tertiary/aromatic N) is 1. The molecule has 0 radical (unpaired) electrons. The topological polar surface area (TPSA) is 43.3 Å². The van der Waals surface area contributed by atoms with E-state index in [4.69, 9.17) is 4.74 Å². The van der Waals surface area contributed by atoms with E-state index >= 15 is 0 Å². The van der Waals surface area contributed by atoms with Gasteiger partial charge in [0.05, 0.1) is 0 Å². The van der Waals surface area contributed by atoms with E-state index in [1.807, 2.05) is 30.3 Å². The smallest absolute Gasteiger partial charge is 0.220 e. The molecule has 1 atom stereocenters. The van der Waals surface area contributed by atoms with E-state index in [-0.39, 0.29) is 11.8 Å². The number of amides is 1. The summed E-state index contributed by atoms with van der Waals surface area (Å²) in [5.74, 6) is 1.39. The molecule has 0 aliphatic rings. The number of hydrogen-bond donors (Lipinski definition) is 1. The summed E-state index contributed by atoms with van der Waals surface area (Å²) < 4.78 is 8.24. The van der Waals surface area contributed by atoms with Crippen molar-refractivity contribution in [3.63, 3.8) is 0 Å². The minimum Gasteiger partial charge on any atom is -0.489 e. The average molecular weight is 455 g/mol. The van der Waals surface area contributed by atoms with E-state index in [1.54, 1.807) is 0 Å². The van der Waals surface area contributed by atoms with Crippen molar-refractivity contribution in [1.29, 1.82) is 0 Å². The molecule has 0 fully saturated rings. The zero-order valence-corrected chi connectivity index (χ0v) is 20.3. The fourth-order valence-electron chi connectivity index (χ4n) is 4.38. The quantitative estimate of drug-likeness (QED) is 0.300. The largest absolute Gasteiger partial charge is 0.489 e. The van der Waals surface area contributed by atoms with Crippen molar-refractivity contribution >= 4 is 16.8 Å². The summed E-state index contributed by atoms with van der Waals surface area (Å²) in [6.45, 7) is 5.57. The molecule has 4 heteroatoms. The monoisotopic (exact) mass is 454 g/mol. The molecule has 4 aromatic rings. The summed E-state index contributed by atoms with van der Waals surface area (Å²) in [6.07, 6.45) is 3.54. The molecule has 1 aromatic heterocycles. The SMILES string of the molecule is CC(C)CCNC(=O)CC(c1cccc(OCc2ccccc2)c1)c1cn(C)c2ccccc12. The Morgan fingerprint density at radius 2 is 1.74 bits per heavy atom. The number of ether oxygens (including phenoxy) is 1. The first kappa shape index (κ1) is 23.6. The van der Waals surface area contributed by atoms with E-state index in [0.29, 0.717) is 25.5 Å². The van der Waals surface area contributed by atoms with Gasteiger partial charge >= 0.3 is 0 Å². The molecule has 0 saturated carbocycles. The third-order valence-corrected chi connectivity index (χ3v) is 6.25. The first-order valence-electron chi connectivity index (χ1n) is 12.1. The minimum absolute atomic E-state index is 0.0644. The lowest BCUT2D eigenvalue weighted by Gasteiger charge is -2.19. The van der Waals surface area contributed by atoms with Crippen LogP contribution in [0.4, 0.5) is 0 Å². The summed E-state index contributed by atoms with van der Waals surface area (Å²) in [6, 6.07) is 26.7. The maximum Gasteiger partial charge on any atom is 0.220 e. The normalized spacial score (nSPS) is 12.1. The molecular formula is C30H34N2O2. The maximum atomic E-state index is 13.0. The van der Waals surface area contributed by atoms with Crippen molar-refractivity contribution in [3.05, 3.63) is 102 Å². The number of hydrogen-bond acceptors (Lipinski definition) is 2. The van der Waals surface area contributed by atoms with Crippen LogP contribution in [0.5, 0.6) is 5.75 Å². The van der Waals surface area contributed by atoms with Crippen LogP contribution < -0.4 is 10.1 Å². The summed E-state index contributed by atoms with van der Waals surface area (Å²) in [4.78, 5) is 13.0. The zero-order valence-electron chi connectivity index (χ0n) is 20.3. The van der Waals surface area contributed by atoms with E-state index in [0.717, 1.165) is 28.9 Å². The van der Waals surface area contributed by atoms with Crippen molar-refractivity contribution in [2.24, 2.45) is 13.0 Å². The number of fused-ring (bicyclic) bond motifs is 1. The van der Waals surface area contributed by atoms with E-state index in [1.165, 1.54) is 10.9 Å². The minimum atomic E-state index is -0.0644. The standard InChI is InChI=1S/C30H34N2O2/c1-22(2)16-17-31-30(33)19-27(28-20-32(3)29-15-8-7-14-26(28)29)24-12-9-13-25(18-24)34-21-23-10-5-4-6-11-23/h4-15,18,20,22,27H,16-17,19,21H2,1-3H3,(H,31,33). The molecular weight excluding hydrogens is 420 g/mol. The molecule has 3 aromatic carbocycles. The third kappa shape index (κ3) is 5.88. The van der Waals surface area contributed by atoms with Gasteiger partial charge in [0.25, 0.3) is 0 Å². The first-order valence-corrected chi connectivity index (χ1v) is 12.1. The highest BCUT2D eigenvalue weighted by Crippen LogP contribution is 2.35. The number of para-hydroxylation sites is 1. The number of carbonyl (C=O) groups excluding carboxylic acids is 1. The lowest BCUT2D eigenvalue weighted by molar-refractivity contribution is -0.121. The lowest BCUT2D eigenvalue weighted by atomic mass is 9.88. The van der Waals surface area contributed by atoms with Crippen LogP contribution in [0, 0.1) is 5.92 Å². The average Bonchev–Trinajstić information content (AvgIpc) is 3.18. The number of nitrogens with one attached hydrogen (secondary N) is 1. The predicted octanol–water partition coefficient (Wildman–Crippen LogP) is 6.44. The molecule has 1 amide bonds. The Kier molecular flexibility index (Phi) is 7.69. The Hall–Kier alpha value is -3.53. The van der Waals surface area contributed by atoms with Gasteiger partial charge in [0.15, 0.2) is 0 Å². The van der Waals surface area contributed by atoms with Crippen molar-refractivity contribution in [1.82, 2.24) is 9.88 Å². The Morgan fingerprint density at radius 1 is 0.971 bits per heavy atom. The van der Waals surface area contributed by atoms with Gasteiger partial charge in [-0.15, -0.1) is 0 Å². The Morgan fingerprint density at radius 3 is 2.53 bits per heavy atom. The van der Waals surface area contributed by atoms with Crippen molar-refractivity contribution < 1.29 is 9.53 Å². The highest BCUT2D eigenvalue weighted by molar-refractivity contribution is 5.86. The van der Waals surface area contributed by atoms with Crippen LogP contribution in [0.1, 0.15) is 49.3 Å². The molecule has 0 bridgehead atoms. The molecule has 1 N–H and O–H groups in total. The molecule has 0 aliphatic carbocycles. The van der Waals surface area contributed by atoms with E-state index < -0.39 is 0 Å². The molecule has 176 valence electrons. The predicted molar refractivity (Wildman–Crippen MR) is 139 cm³/mol. The van der Waals surface area contributed by atoms with Gasteiger partial charge in [-0.25, -0.2) is 0 Å². The van der Waals surface area contributed by atoms with Gasteiger partial charge in [0.2, 0.25) is 5.91 Å². The van der Waals surface area contributed by atoms with Gasteiger partial charge in [-0.05, 0) is 47.2 Å². The fourth-order valence-corrected chi connectivity index (χ4v) is 4.38. The highest BCUT2D eigenvalue weighted by Gasteiger charge is 2.22. The lowest BCUT2D eigenvalue weighted by Crippen LogP contribution is -2.27. The van der Waals surface area contributed by atoms with Gasteiger partial charge in [0.1, 0.15) is 12.4 Å². The van der Waals surface area contributed by atoms with Crippen LogP contribution in [0.15, 0.2) is 85.1 Å². The second kappa shape index (κ2) is 11.1. The molecule has 0 aliphatic heterocycles. The van der Waals surface area contributed by atoms with Crippen LogP contribution in [-0.2, 0) is 18.4 Å². The first-order chi connectivity index (χ1) is 16.5. The van der Waals surface area contributed by atoms with Gasteiger partial charge < -0.3 is 14.6 Å². The molecule has 0 saturated heterocycles. The summed E-state index contributed by atoms with van der Waals surface area (Å²) in [5.41, 5.74) is 4.54. The molecule has 4 rings (SSSR count). The van der Waals surface area contributed by atoms with Crippen molar-refractivity contribution in [2.45, 2.75) is 39.2 Å². The Bertz CT molecular complexity index is 1230. The van der Waals surface area contributed by atoms with Crippen molar-refractivity contribution in [2.75, 3.05) is 6.54 Å². The van der Waals surface area contributed by atoms with Gasteiger partial charge in [-0.3, -0.25) is 4.79 Å². The maximum absolute atomic E-state index is 13.0. The van der Waals surface area contributed by atoms with E-state index in [9.17, 15) is 4.79 Å². The van der Waals surface area contributed by atoms with Crippen molar-refractivity contribution in [3.8, 4) is 5.75 Å². The summed E-state index contributed by atoms with van der Waals surface area (Å²) in [5, 5.41) is 4.30. The van der Waals surface area contributed by atoms with E-state index in [2.05, 4.69) is 85.5 Å². The molecule has 1 heterocycles. The number of rotatable bonds is 10. The number of carbonyl (C=O) groups is 1. The van der Waals surface area contributed by atoms with Crippen LogP contribution >= 0.6 is 0 Å². The molecule has 1 unspecified atom stereocenters. The summed E-state index contributed by atoms with van der Waals surface area (Å²) >= 11 is 0. The van der Waals surface area contributed by atoms with Gasteiger partial charge in [0, 0.05) is 43.0 Å². The Balaban J connectivity index is 1.62.